The van der Waals surface area contributed by atoms with E-state index in [4.69, 9.17) is 9.47 Å². The second-order valence-corrected chi connectivity index (χ2v) is 7.97. The number of aryl methyl sites for hydroxylation is 1. The monoisotopic (exact) mass is 326 g/mol. The van der Waals surface area contributed by atoms with Crippen LogP contribution in [-0.2, 0) is 14.8 Å². The standard InChI is InChI=1S/C15H22N2O4S/c1-12-10-13(14(20-2)16-11-12)22(18,19)17-7-5-15(6-8-17)4-3-9-21-15/h10-11H,3-9H2,1-2H3. The molecule has 0 saturated carbocycles. The van der Waals surface area contributed by atoms with E-state index in [1.54, 1.807) is 12.3 Å². The van der Waals surface area contributed by atoms with E-state index in [2.05, 4.69) is 4.98 Å². The Morgan fingerprint density at radius 3 is 2.64 bits per heavy atom. The summed E-state index contributed by atoms with van der Waals surface area (Å²) in [4.78, 5) is 4.23. The lowest BCUT2D eigenvalue weighted by molar-refractivity contribution is -0.0309. The molecular weight excluding hydrogens is 304 g/mol. The summed E-state index contributed by atoms with van der Waals surface area (Å²) in [5.74, 6) is 0.156. The van der Waals surface area contributed by atoms with Crippen LogP contribution >= 0.6 is 0 Å². The third-order valence-corrected chi connectivity index (χ3v) is 6.48. The molecule has 1 spiro atoms. The number of nitrogens with zero attached hydrogens (tertiary/aromatic N) is 2. The van der Waals surface area contributed by atoms with Gasteiger partial charge in [0.05, 0.1) is 12.7 Å². The molecule has 1 aromatic rings. The van der Waals surface area contributed by atoms with Crippen LogP contribution in [-0.4, -0.2) is 50.1 Å². The molecule has 0 aliphatic carbocycles. The van der Waals surface area contributed by atoms with Gasteiger partial charge in [0.25, 0.3) is 0 Å². The van der Waals surface area contributed by atoms with E-state index in [-0.39, 0.29) is 16.4 Å². The normalized spacial score (nSPS) is 22.1. The number of piperidine rings is 1. The summed E-state index contributed by atoms with van der Waals surface area (Å²) in [5, 5.41) is 0. The molecule has 3 rings (SSSR count). The van der Waals surface area contributed by atoms with Crippen molar-refractivity contribution in [3.8, 4) is 5.88 Å². The Balaban J connectivity index is 1.84. The molecule has 2 fully saturated rings. The van der Waals surface area contributed by atoms with Gasteiger partial charge in [-0.25, -0.2) is 13.4 Å². The van der Waals surface area contributed by atoms with Gasteiger partial charge in [0, 0.05) is 25.9 Å². The van der Waals surface area contributed by atoms with Gasteiger partial charge in [0.15, 0.2) is 0 Å². The average Bonchev–Trinajstić information content (AvgIpc) is 2.96. The minimum absolute atomic E-state index is 0.0963. The van der Waals surface area contributed by atoms with Crippen LogP contribution in [0.5, 0.6) is 5.88 Å². The Morgan fingerprint density at radius 1 is 1.32 bits per heavy atom. The first kappa shape index (κ1) is 15.7. The quantitative estimate of drug-likeness (QED) is 0.846. The Kier molecular flexibility index (Phi) is 4.13. The summed E-state index contributed by atoms with van der Waals surface area (Å²) in [6.07, 6.45) is 5.23. The number of hydrogen-bond donors (Lipinski definition) is 0. The first-order chi connectivity index (χ1) is 10.5. The van der Waals surface area contributed by atoms with Gasteiger partial charge >= 0.3 is 0 Å². The van der Waals surface area contributed by atoms with Crippen LogP contribution < -0.4 is 4.74 Å². The highest BCUT2D eigenvalue weighted by Crippen LogP contribution is 2.37. The van der Waals surface area contributed by atoms with Gasteiger partial charge < -0.3 is 9.47 Å². The van der Waals surface area contributed by atoms with E-state index in [0.717, 1.165) is 37.9 Å². The van der Waals surface area contributed by atoms with Crippen LogP contribution in [0.15, 0.2) is 17.2 Å². The predicted octanol–water partition coefficient (Wildman–Crippen LogP) is 1.73. The topological polar surface area (TPSA) is 68.7 Å². The van der Waals surface area contributed by atoms with Gasteiger partial charge in [-0.05, 0) is 44.2 Å². The molecule has 122 valence electrons. The molecular formula is C15H22N2O4S. The third-order valence-electron chi connectivity index (χ3n) is 4.58. The predicted molar refractivity (Wildman–Crippen MR) is 81.4 cm³/mol. The largest absolute Gasteiger partial charge is 0.480 e. The van der Waals surface area contributed by atoms with Crippen LogP contribution in [0.2, 0.25) is 0 Å². The van der Waals surface area contributed by atoms with Crippen molar-refractivity contribution in [2.75, 3.05) is 26.8 Å². The van der Waals surface area contributed by atoms with Gasteiger partial charge in [-0.15, -0.1) is 0 Å². The molecule has 0 radical (unpaired) electrons. The van der Waals surface area contributed by atoms with Crippen molar-refractivity contribution in [1.29, 1.82) is 0 Å². The van der Waals surface area contributed by atoms with Gasteiger partial charge in [-0.2, -0.15) is 4.31 Å². The number of rotatable bonds is 3. The summed E-state index contributed by atoms with van der Waals surface area (Å²) in [7, 11) is -2.14. The van der Waals surface area contributed by atoms with Crippen LogP contribution in [0.3, 0.4) is 0 Å². The summed E-state index contributed by atoms with van der Waals surface area (Å²) < 4.78 is 38.3. The Hall–Kier alpha value is -1.18. The molecule has 0 unspecified atom stereocenters. The van der Waals surface area contributed by atoms with Gasteiger partial charge in [-0.1, -0.05) is 0 Å². The van der Waals surface area contributed by atoms with Crippen LogP contribution in [0.25, 0.3) is 0 Å². The highest BCUT2D eigenvalue weighted by atomic mass is 32.2. The molecule has 2 aliphatic rings. The van der Waals surface area contributed by atoms with Crippen molar-refractivity contribution < 1.29 is 17.9 Å². The lowest BCUT2D eigenvalue weighted by Crippen LogP contribution is -2.46. The number of pyridine rings is 1. The fourth-order valence-corrected chi connectivity index (χ4v) is 4.92. The summed E-state index contributed by atoms with van der Waals surface area (Å²) in [6, 6.07) is 1.62. The van der Waals surface area contributed by atoms with Crippen LogP contribution in [0.4, 0.5) is 0 Å². The Labute approximate surface area is 131 Å². The molecule has 2 saturated heterocycles. The van der Waals surface area contributed by atoms with Crippen molar-refractivity contribution in [2.24, 2.45) is 0 Å². The summed E-state index contributed by atoms with van der Waals surface area (Å²) >= 11 is 0. The minimum Gasteiger partial charge on any atom is -0.480 e. The van der Waals surface area contributed by atoms with Crippen molar-refractivity contribution in [2.45, 2.75) is 43.1 Å². The lowest BCUT2D eigenvalue weighted by Gasteiger charge is -2.37. The van der Waals surface area contributed by atoms with E-state index >= 15 is 0 Å². The van der Waals surface area contributed by atoms with Crippen LogP contribution in [0, 0.1) is 6.92 Å². The molecule has 6 nitrogen and oxygen atoms in total. The van der Waals surface area contributed by atoms with Gasteiger partial charge in [-0.3, -0.25) is 0 Å². The number of methoxy groups -OCH3 is 1. The highest BCUT2D eigenvalue weighted by Gasteiger charge is 2.42. The third kappa shape index (κ3) is 2.73. The molecule has 0 N–H and O–H groups in total. The first-order valence-corrected chi connectivity index (χ1v) is 9.06. The second-order valence-electron chi connectivity index (χ2n) is 6.06. The first-order valence-electron chi connectivity index (χ1n) is 7.62. The molecule has 2 aliphatic heterocycles. The SMILES string of the molecule is COc1ncc(C)cc1S(=O)(=O)N1CCC2(CCCO2)CC1. The summed E-state index contributed by atoms with van der Waals surface area (Å²) in [6.45, 7) is 3.59. The van der Waals surface area contributed by atoms with E-state index in [1.807, 2.05) is 6.92 Å². The van der Waals surface area contributed by atoms with Crippen LogP contribution in [0.1, 0.15) is 31.2 Å². The maximum Gasteiger partial charge on any atom is 0.248 e. The zero-order chi connectivity index (χ0) is 15.8. The molecule has 7 heteroatoms. The minimum atomic E-state index is -3.58. The Bertz CT molecular complexity index is 644. The maximum atomic E-state index is 12.9. The number of ether oxygens (including phenoxy) is 2. The second kappa shape index (κ2) is 5.79. The fourth-order valence-electron chi connectivity index (χ4n) is 3.29. The Morgan fingerprint density at radius 2 is 2.05 bits per heavy atom. The molecule has 1 aromatic heterocycles. The maximum absolute atomic E-state index is 12.9. The molecule has 0 aromatic carbocycles. The lowest BCUT2D eigenvalue weighted by atomic mass is 9.90. The smallest absolute Gasteiger partial charge is 0.248 e. The van der Waals surface area contributed by atoms with E-state index in [0.29, 0.717) is 13.1 Å². The highest BCUT2D eigenvalue weighted by molar-refractivity contribution is 7.89. The average molecular weight is 326 g/mol. The molecule has 3 heterocycles. The van der Waals surface area contributed by atoms with Crippen molar-refractivity contribution in [3.05, 3.63) is 17.8 Å². The van der Waals surface area contributed by atoms with Crippen molar-refractivity contribution in [1.82, 2.24) is 9.29 Å². The molecule has 22 heavy (non-hydrogen) atoms. The number of aromatic nitrogens is 1. The van der Waals surface area contributed by atoms with E-state index < -0.39 is 10.0 Å². The van der Waals surface area contributed by atoms with Crippen molar-refractivity contribution >= 4 is 10.0 Å². The van der Waals surface area contributed by atoms with Gasteiger partial charge in [0.1, 0.15) is 4.90 Å². The molecule has 0 bridgehead atoms. The zero-order valence-electron chi connectivity index (χ0n) is 13.0. The van der Waals surface area contributed by atoms with Gasteiger partial charge in [0.2, 0.25) is 15.9 Å². The molecule has 0 atom stereocenters. The van der Waals surface area contributed by atoms with E-state index in [1.165, 1.54) is 11.4 Å². The van der Waals surface area contributed by atoms with Crippen molar-refractivity contribution in [3.63, 3.8) is 0 Å². The fraction of sp³-hybridized carbons (Fsp3) is 0.667. The number of sulfonamides is 1. The zero-order valence-corrected chi connectivity index (χ0v) is 13.9. The molecule has 0 amide bonds. The van der Waals surface area contributed by atoms with E-state index in [9.17, 15) is 8.42 Å². The number of hydrogen-bond acceptors (Lipinski definition) is 5. The summed E-state index contributed by atoms with van der Waals surface area (Å²) in [5.41, 5.74) is 0.702.